The molecule has 1 rings (SSSR count). The first kappa shape index (κ1) is 14.6. The van der Waals surface area contributed by atoms with Crippen molar-refractivity contribution in [2.45, 2.75) is 25.8 Å². The summed E-state index contributed by atoms with van der Waals surface area (Å²) in [6.45, 7) is 3.81. The third kappa shape index (κ3) is 4.07. The predicted molar refractivity (Wildman–Crippen MR) is 74.1 cm³/mol. The van der Waals surface area contributed by atoms with Crippen LogP contribution >= 0.6 is 31.9 Å². The van der Waals surface area contributed by atoms with Crippen LogP contribution in [0.5, 0.6) is 0 Å². The van der Waals surface area contributed by atoms with Crippen molar-refractivity contribution in [1.82, 2.24) is 5.32 Å². The van der Waals surface area contributed by atoms with Gasteiger partial charge in [-0.2, -0.15) is 0 Å². The van der Waals surface area contributed by atoms with Gasteiger partial charge in [0.05, 0.1) is 5.56 Å². The summed E-state index contributed by atoms with van der Waals surface area (Å²) < 4.78 is 14.0. The Labute approximate surface area is 117 Å². The molecule has 0 saturated heterocycles. The fourth-order valence-electron chi connectivity index (χ4n) is 1.38. The summed E-state index contributed by atoms with van der Waals surface area (Å²) >= 11 is 6.51. The average molecular weight is 367 g/mol. The van der Waals surface area contributed by atoms with Gasteiger partial charge in [-0.3, -0.25) is 4.79 Å². The fraction of sp³-hybridized carbons (Fsp3) is 0.417. The van der Waals surface area contributed by atoms with Gasteiger partial charge in [0.2, 0.25) is 0 Å². The Kier molecular flexibility index (Phi) is 5.13. The highest BCUT2D eigenvalue weighted by Gasteiger charge is 2.23. The lowest BCUT2D eigenvalue weighted by Crippen LogP contribution is -2.44. The van der Waals surface area contributed by atoms with Crippen LogP contribution in [-0.2, 0) is 0 Å². The van der Waals surface area contributed by atoms with E-state index < -0.39 is 11.7 Å². The topological polar surface area (TPSA) is 29.1 Å². The molecule has 1 amide bonds. The molecule has 1 aromatic carbocycles. The fourth-order valence-corrected chi connectivity index (χ4v) is 2.90. The van der Waals surface area contributed by atoms with E-state index in [1.165, 1.54) is 6.07 Å². The number of hydrogen-bond donors (Lipinski definition) is 1. The molecule has 0 heterocycles. The van der Waals surface area contributed by atoms with Crippen molar-refractivity contribution in [2.75, 3.05) is 5.33 Å². The number of amides is 1. The second kappa shape index (κ2) is 5.96. The molecule has 2 nitrogen and oxygen atoms in total. The smallest absolute Gasteiger partial charge is 0.255 e. The van der Waals surface area contributed by atoms with Crippen molar-refractivity contribution in [3.63, 3.8) is 0 Å². The first-order valence-corrected chi connectivity index (χ1v) is 7.11. The molecule has 5 heteroatoms. The Morgan fingerprint density at radius 3 is 2.65 bits per heavy atom. The Balaban J connectivity index is 2.91. The van der Waals surface area contributed by atoms with Crippen LogP contribution in [0.2, 0.25) is 0 Å². The Morgan fingerprint density at radius 2 is 2.12 bits per heavy atom. The lowest BCUT2D eigenvalue weighted by Gasteiger charge is -2.25. The molecular formula is C12H14Br2FNO. The lowest BCUT2D eigenvalue weighted by atomic mass is 10.0. The standard InChI is InChI=1S/C12H14Br2FNO/c1-12(2,6-7-13)16-11(17)10-8(14)4-3-5-9(10)15/h3-5H,6-7H2,1-2H3,(H,16,17). The van der Waals surface area contributed by atoms with Crippen molar-refractivity contribution in [1.29, 1.82) is 0 Å². The zero-order chi connectivity index (χ0) is 13.1. The van der Waals surface area contributed by atoms with Gasteiger partial charge >= 0.3 is 0 Å². The van der Waals surface area contributed by atoms with Crippen LogP contribution in [0.3, 0.4) is 0 Å². The zero-order valence-corrected chi connectivity index (χ0v) is 12.9. The molecule has 0 aliphatic heterocycles. The highest BCUT2D eigenvalue weighted by atomic mass is 79.9. The molecule has 0 radical (unpaired) electrons. The second-order valence-corrected chi connectivity index (χ2v) is 6.02. The van der Waals surface area contributed by atoms with Crippen LogP contribution in [0, 0.1) is 5.82 Å². The molecule has 0 bridgehead atoms. The largest absolute Gasteiger partial charge is 0.347 e. The Hall–Kier alpha value is -0.420. The number of alkyl halides is 1. The second-order valence-electron chi connectivity index (χ2n) is 4.37. The molecule has 0 aliphatic rings. The number of carbonyl (C=O) groups excluding carboxylic acids is 1. The van der Waals surface area contributed by atoms with Gasteiger partial charge in [0.15, 0.2) is 0 Å². The van der Waals surface area contributed by atoms with E-state index in [-0.39, 0.29) is 11.1 Å². The lowest BCUT2D eigenvalue weighted by molar-refractivity contribution is 0.0907. The number of benzene rings is 1. The average Bonchev–Trinajstić information content (AvgIpc) is 2.15. The molecule has 0 atom stereocenters. The molecular weight excluding hydrogens is 353 g/mol. The number of halogens is 3. The summed E-state index contributed by atoms with van der Waals surface area (Å²) in [7, 11) is 0. The molecule has 94 valence electrons. The third-order valence-electron chi connectivity index (χ3n) is 2.36. The van der Waals surface area contributed by atoms with E-state index in [0.717, 1.165) is 11.8 Å². The zero-order valence-electron chi connectivity index (χ0n) is 9.69. The summed E-state index contributed by atoms with van der Waals surface area (Å²) in [6.07, 6.45) is 0.769. The van der Waals surface area contributed by atoms with E-state index in [9.17, 15) is 9.18 Å². The first-order chi connectivity index (χ1) is 7.87. The maximum atomic E-state index is 13.6. The van der Waals surface area contributed by atoms with Crippen LogP contribution in [0.15, 0.2) is 22.7 Å². The Bertz CT molecular complexity index is 401. The highest BCUT2D eigenvalue weighted by molar-refractivity contribution is 9.10. The van der Waals surface area contributed by atoms with Gasteiger partial charge in [-0.1, -0.05) is 22.0 Å². The number of nitrogens with one attached hydrogen (secondary N) is 1. The molecule has 17 heavy (non-hydrogen) atoms. The van der Waals surface area contributed by atoms with Crippen molar-refractivity contribution < 1.29 is 9.18 Å². The van der Waals surface area contributed by atoms with E-state index in [2.05, 4.69) is 37.2 Å². The summed E-state index contributed by atoms with van der Waals surface area (Å²) in [6, 6.07) is 4.48. The monoisotopic (exact) mass is 365 g/mol. The van der Waals surface area contributed by atoms with Gasteiger partial charge in [-0.25, -0.2) is 4.39 Å². The van der Waals surface area contributed by atoms with E-state index in [0.29, 0.717) is 4.47 Å². The molecule has 0 aliphatic carbocycles. The van der Waals surface area contributed by atoms with Crippen LogP contribution in [-0.4, -0.2) is 16.8 Å². The normalized spacial score (nSPS) is 11.4. The van der Waals surface area contributed by atoms with Crippen LogP contribution in [0.4, 0.5) is 4.39 Å². The Morgan fingerprint density at radius 1 is 1.47 bits per heavy atom. The summed E-state index contributed by atoms with van der Waals surface area (Å²) in [5, 5.41) is 3.59. The third-order valence-corrected chi connectivity index (χ3v) is 3.42. The minimum absolute atomic E-state index is 0.0511. The van der Waals surface area contributed by atoms with Crippen molar-refractivity contribution >= 4 is 37.8 Å². The molecule has 0 fully saturated rings. The molecule has 0 spiro atoms. The SMILES string of the molecule is CC(C)(CCBr)NC(=O)c1c(F)cccc1Br. The van der Waals surface area contributed by atoms with Crippen molar-refractivity contribution in [3.8, 4) is 0 Å². The highest BCUT2D eigenvalue weighted by Crippen LogP contribution is 2.21. The summed E-state index contributed by atoms with van der Waals surface area (Å²) in [5.74, 6) is -0.924. The van der Waals surface area contributed by atoms with Gasteiger partial charge in [-0.15, -0.1) is 0 Å². The summed E-state index contributed by atoms with van der Waals surface area (Å²) in [5.41, 5.74) is -0.322. The van der Waals surface area contributed by atoms with Crippen LogP contribution < -0.4 is 5.32 Å². The maximum absolute atomic E-state index is 13.6. The van der Waals surface area contributed by atoms with E-state index in [1.807, 2.05) is 13.8 Å². The minimum Gasteiger partial charge on any atom is -0.347 e. The van der Waals surface area contributed by atoms with E-state index >= 15 is 0 Å². The van der Waals surface area contributed by atoms with Gasteiger partial charge in [0.1, 0.15) is 5.82 Å². The van der Waals surface area contributed by atoms with Crippen molar-refractivity contribution in [2.24, 2.45) is 0 Å². The quantitative estimate of drug-likeness (QED) is 0.805. The number of carbonyl (C=O) groups is 1. The molecule has 0 aromatic heterocycles. The number of hydrogen-bond acceptors (Lipinski definition) is 1. The van der Waals surface area contributed by atoms with Crippen LogP contribution in [0.25, 0.3) is 0 Å². The summed E-state index contributed by atoms with van der Waals surface area (Å²) in [4.78, 5) is 12.0. The van der Waals surface area contributed by atoms with E-state index in [1.54, 1.807) is 12.1 Å². The number of rotatable bonds is 4. The van der Waals surface area contributed by atoms with E-state index in [4.69, 9.17) is 0 Å². The van der Waals surface area contributed by atoms with Crippen LogP contribution in [0.1, 0.15) is 30.6 Å². The van der Waals surface area contributed by atoms with Gasteiger partial charge in [0.25, 0.3) is 5.91 Å². The van der Waals surface area contributed by atoms with Gasteiger partial charge in [-0.05, 0) is 48.3 Å². The van der Waals surface area contributed by atoms with Crippen molar-refractivity contribution in [3.05, 3.63) is 34.1 Å². The maximum Gasteiger partial charge on any atom is 0.255 e. The van der Waals surface area contributed by atoms with Gasteiger partial charge < -0.3 is 5.32 Å². The molecule has 1 aromatic rings. The minimum atomic E-state index is -0.522. The van der Waals surface area contributed by atoms with Gasteiger partial charge in [0, 0.05) is 15.3 Å². The molecule has 0 unspecified atom stereocenters. The molecule has 0 saturated carbocycles. The molecule has 1 N–H and O–H groups in total. The predicted octanol–water partition coefficient (Wildman–Crippen LogP) is 3.88. The first-order valence-electron chi connectivity index (χ1n) is 5.20.